The number of nitrogens with two attached hydrogens (primary N) is 1. The van der Waals surface area contributed by atoms with Crippen molar-refractivity contribution in [3.8, 4) is 0 Å². The third kappa shape index (κ3) is 2.64. The van der Waals surface area contributed by atoms with Crippen LogP contribution in [0.3, 0.4) is 0 Å². The number of likely N-dealkylation sites (N-methyl/N-ethyl adjacent to an activating group) is 1. The van der Waals surface area contributed by atoms with Crippen LogP contribution in [-0.2, 0) is 0 Å². The number of benzene rings is 2. The van der Waals surface area contributed by atoms with E-state index < -0.39 is 11.6 Å². The molecule has 2 atom stereocenters. The van der Waals surface area contributed by atoms with E-state index in [-0.39, 0.29) is 12.0 Å². The van der Waals surface area contributed by atoms with Crippen molar-refractivity contribution in [2.24, 2.45) is 5.73 Å². The first kappa shape index (κ1) is 15.1. The van der Waals surface area contributed by atoms with Gasteiger partial charge < -0.3 is 5.73 Å². The Bertz CT molecular complexity index is 679. The molecule has 0 spiro atoms. The van der Waals surface area contributed by atoms with Crippen LogP contribution in [0, 0.1) is 18.6 Å². The zero-order valence-corrected chi connectivity index (χ0v) is 12.8. The van der Waals surface area contributed by atoms with Crippen molar-refractivity contribution in [3.05, 3.63) is 70.3 Å². The molecule has 2 nitrogen and oxygen atoms in total. The third-order valence-electron chi connectivity index (χ3n) is 4.49. The molecule has 2 aromatic carbocycles. The Morgan fingerprint density at radius 2 is 1.77 bits per heavy atom. The molecule has 2 unspecified atom stereocenters. The van der Waals surface area contributed by atoms with Gasteiger partial charge >= 0.3 is 0 Å². The van der Waals surface area contributed by atoms with E-state index in [1.807, 2.05) is 14.0 Å². The lowest BCUT2D eigenvalue weighted by atomic mass is 9.81. The molecule has 0 radical (unpaired) electrons. The molecular weight excluding hydrogens is 282 g/mol. The van der Waals surface area contributed by atoms with Crippen LogP contribution in [0.4, 0.5) is 8.78 Å². The first-order valence-corrected chi connectivity index (χ1v) is 7.46. The van der Waals surface area contributed by atoms with Gasteiger partial charge in [0.1, 0.15) is 11.6 Å². The summed E-state index contributed by atoms with van der Waals surface area (Å²) in [6, 6.07) is 10.2. The average molecular weight is 302 g/mol. The van der Waals surface area contributed by atoms with Crippen molar-refractivity contribution in [2.75, 3.05) is 20.1 Å². The monoisotopic (exact) mass is 302 g/mol. The lowest BCUT2D eigenvalue weighted by Crippen LogP contribution is -2.39. The summed E-state index contributed by atoms with van der Waals surface area (Å²) in [5.74, 6) is -1.12. The quantitative estimate of drug-likeness (QED) is 0.922. The van der Waals surface area contributed by atoms with Crippen molar-refractivity contribution in [3.63, 3.8) is 0 Å². The fourth-order valence-corrected chi connectivity index (χ4v) is 3.42. The van der Waals surface area contributed by atoms with Crippen LogP contribution >= 0.6 is 0 Å². The lowest BCUT2D eigenvalue weighted by molar-refractivity contribution is 0.223. The van der Waals surface area contributed by atoms with Gasteiger partial charge in [0.25, 0.3) is 0 Å². The first-order chi connectivity index (χ1) is 10.5. The van der Waals surface area contributed by atoms with Crippen LogP contribution in [0.15, 0.2) is 36.4 Å². The highest BCUT2D eigenvalue weighted by Gasteiger charge is 2.31. The second-order valence-electron chi connectivity index (χ2n) is 6.08. The SMILES string of the molecule is Cc1ccc2c(c1)C(c1cc(F)cc(F)c1)CN(C)C2CN. The Morgan fingerprint density at radius 1 is 1.09 bits per heavy atom. The van der Waals surface area contributed by atoms with Crippen LogP contribution < -0.4 is 5.73 Å². The predicted molar refractivity (Wildman–Crippen MR) is 83.8 cm³/mol. The standard InChI is InChI=1S/C18H20F2N2/c1-11-3-4-15-16(5-11)17(10-22(2)18(15)9-21)12-6-13(19)8-14(20)7-12/h3-8,17-18H,9-10,21H2,1-2H3. The second kappa shape index (κ2) is 5.78. The van der Waals surface area contributed by atoms with Gasteiger partial charge in [0.15, 0.2) is 0 Å². The summed E-state index contributed by atoms with van der Waals surface area (Å²) in [5.41, 5.74) is 10.0. The van der Waals surface area contributed by atoms with E-state index in [0.29, 0.717) is 18.7 Å². The van der Waals surface area contributed by atoms with Gasteiger partial charge in [0.05, 0.1) is 0 Å². The molecule has 0 fully saturated rings. The summed E-state index contributed by atoms with van der Waals surface area (Å²) < 4.78 is 27.2. The summed E-state index contributed by atoms with van der Waals surface area (Å²) in [6.07, 6.45) is 0. The van der Waals surface area contributed by atoms with E-state index in [2.05, 4.69) is 23.1 Å². The van der Waals surface area contributed by atoms with E-state index in [0.717, 1.165) is 22.8 Å². The molecule has 1 aliphatic rings. The van der Waals surface area contributed by atoms with Crippen molar-refractivity contribution in [1.82, 2.24) is 4.90 Å². The topological polar surface area (TPSA) is 29.3 Å². The molecule has 2 N–H and O–H groups in total. The molecule has 0 aliphatic carbocycles. The molecular formula is C18H20F2N2. The van der Waals surface area contributed by atoms with Crippen molar-refractivity contribution in [1.29, 1.82) is 0 Å². The second-order valence-corrected chi connectivity index (χ2v) is 6.08. The van der Waals surface area contributed by atoms with Crippen LogP contribution in [0.25, 0.3) is 0 Å². The minimum absolute atomic E-state index is 0.0482. The fraction of sp³-hybridized carbons (Fsp3) is 0.333. The Hall–Kier alpha value is -1.78. The van der Waals surface area contributed by atoms with Crippen LogP contribution in [0.2, 0.25) is 0 Å². The van der Waals surface area contributed by atoms with Gasteiger partial charge in [-0.2, -0.15) is 0 Å². The zero-order chi connectivity index (χ0) is 15.9. The highest BCUT2D eigenvalue weighted by Crippen LogP contribution is 2.39. The number of hydrogen-bond donors (Lipinski definition) is 1. The van der Waals surface area contributed by atoms with E-state index >= 15 is 0 Å². The number of fused-ring (bicyclic) bond motifs is 1. The van der Waals surface area contributed by atoms with Gasteiger partial charge in [-0.3, -0.25) is 4.90 Å². The summed E-state index contributed by atoms with van der Waals surface area (Å²) in [5, 5.41) is 0. The number of rotatable bonds is 2. The number of halogens is 2. The van der Waals surface area contributed by atoms with Crippen LogP contribution in [0.1, 0.15) is 34.2 Å². The third-order valence-corrected chi connectivity index (χ3v) is 4.49. The van der Waals surface area contributed by atoms with E-state index in [9.17, 15) is 8.78 Å². The van der Waals surface area contributed by atoms with Crippen LogP contribution in [-0.4, -0.2) is 25.0 Å². The van der Waals surface area contributed by atoms with Gasteiger partial charge in [-0.1, -0.05) is 23.8 Å². The fourth-order valence-electron chi connectivity index (χ4n) is 3.42. The molecule has 2 aromatic rings. The molecule has 0 amide bonds. The van der Waals surface area contributed by atoms with Gasteiger partial charge in [-0.15, -0.1) is 0 Å². The minimum Gasteiger partial charge on any atom is -0.329 e. The molecule has 0 aromatic heterocycles. The maximum atomic E-state index is 13.6. The molecule has 1 heterocycles. The average Bonchev–Trinajstić information content (AvgIpc) is 2.45. The van der Waals surface area contributed by atoms with Crippen molar-refractivity contribution in [2.45, 2.75) is 18.9 Å². The number of nitrogens with zero attached hydrogens (tertiary/aromatic N) is 1. The maximum absolute atomic E-state index is 13.6. The summed E-state index contributed by atoms with van der Waals surface area (Å²) in [4.78, 5) is 2.16. The van der Waals surface area contributed by atoms with E-state index in [4.69, 9.17) is 5.73 Å². The normalized spacial score (nSPS) is 21.7. The van der Waals surface area contributed by atoms with Gasteiger partial charge in [-0.25, -0.2) is 8.78 Å². The molecule has 1 aliphatic heterocycles. The molecule has 0 saturated heterocycles. The zero-order valence-electron chi connectivity index (χ0n) is 12.8. The Labute approximate surface area is 129 Å². The molecule has 4 heteroatoms. The Kier molecular flexibility index (Phi) is 3.98. The van der Waals surface area contributed by atoms with E-state index in [1.54, 1.807) is 0 Å². The van der Waals surface area contributed by atoms with Gasteiger partial charge in [-0.05, 0) is 42.8 Å². The van der Waals surface area contributed by atoms with Crippen LogP contribution in [0.5, 0.6) is 0 Å². The highest BCUT2D eigenvalue weighted by atomic mass is 19.1. The lowest BCUT2D eigenvalue weighted by Gasteiger charge is -2.39. The van der Waals surface area contributed by atoms with Crippen molar-refractivity contribution >= 4 is 0 Å². The summed E-state index contributed by atoms with van der Waals surface area (Å²) in [7, 11) is 2.00. The van der Waals surface area contributed by atoms with Crippen molar-refractivity contribution < 1.29 is 8.78 Å². The maximum Gasteiger partial charge on any atom is 0.126 e. The minimum atomic E-state index is -0.534. The Balaban J connectivity index is 2.14. The predicted octanol–water partition coefficient (Wildman–Crippen LogP) is 3.35. The van der Waals surface area contributed by atoms with Gasteiger partial charge in [0, 0.05) is 31.1 Å². The molecule has 22 heavy (non-hydrogen) atoms. The first-order valence-electron chi connectivity index (χ1n) is 7.46. The summed E-state index contributed by atoms with van der Waals surface area (Å²) in [6.45, 7) is 3.25. The highest BCUT2D eigenvalue weighted by molar-refractivity contribution is 5.44. The number of hydrogen-bond acceptors (Lipinski definition) is 2. The van der Waals surface area contributed by atoms with Gasteiger partial charge in [0.2, 0.25) is 0 Å². The largest absolute Gasteiger partial charge is 0.329 e. The molecule has 3 rings (SSSR count). The number of aryl methyl sites for hydroxylation is 1. The molecule has 0 bridgehead atoms. The van der Waals surface area contributed by atoms with E-state index in [1.165, 1.54) is 12.1 Å². The molecule has 0 saturated carbocycles. The smallest absolute Gasteiger partial charge is 0.126 e. The summed E-state index contributed by atoms with van der Waals surface area (Å²) >= 11 is 0. The molecule has 116 valence electrons. The Morgan fingerprint density at radius 3 is 2.41 bits per heavy atom.